The minimum atomic E-state index is -0.682. The molecule has 0 aliphatic carbocycles. The number of aliphatic hydroxyl groups excluding tert-OH is 1. The Hall–Kier alpha value is -0.830. The Morgan fingerprint density at radius 1 is 0.952 bits per heavy atom. The Balaban J connectivity index is 3.22. The van der Waals surface area contributed by atoms with Gasteiger partial charge in [-0.25, -0.2) is 0 Å². The first kappa shape index (κ1) is 20.2. The largest absolute Gasteiger partial charge is 0.481 e. The van der Waals surface area contributed by atoms with E-state index in [9.17, 15) is 9.90 Å². The highest BCUT2D eigenvalue weighted by atomic mass is 16.4. The molecule has 0 aromatic heterocycles. The summed E-state index contributed by atoms with van der Waals surface area (Å²) in [6.45, 7) is 2.17. The van der Waals surface area contributed by atoms with Crippen LogP contribution in [-0.2, 0) is 4.79 Å². The first-order valence-electron chi connectivity index (χ1n) is 8.73. The van der Waals surface area contributed by atoms with Crippen molar-refractivity contribution in [3.05, 3.63) is 12.2 Å². The molecule has 0 spiro atoms. The Kier molecular flexibility index (Phi) is 14.9. The summed E-state index contributed by atoms with van der Waals surface area (Å²) in [5.41, 5.74) is 0. The maximum Gasteiger partial charge on any atom is 0.303 e. The molecule has 0 aromatic carbocycles. The van der Waals surface area contributed by atoms with Crippen molar-refractivity contribution >= 4 is 5.97 Å². The van der Waals surface area contributed by atoms with Gasteiger partial charge in [-0.3, -0.25) is 4.79 Å². The van der Waals surface area contributed by atoms with Crippen molar-refractivity contribution in [2.75, 3.05) is 0 Å². The zero-order valence-corrected chi connectivity index (χ0v) is 13.7. The fourth-order valence-electron chi connectivity index (χ4n) is 2.38. The molecule has 1 atom stereocenters. The molecule has 0 saturated carbocycles. The summed E-state index contributed by atoms with van der Waals surface area (Å²) in [6.07, 6.45) is 17.5. The molecule has 0 saturated heterocycles. The SMILES string of the molecule is CCCCCC(O)C=CCCCCCCCCCC(=O)O. The maximum absolute atomic E-state index is 10.3. The van der Waals surface area contributed by atoms with Gasteiger partial charge >= 0.3 is 5.97 Å². The van der Waals surface area contributed by atoms with Crippen LogP contribution in [0.4, 0.5) is 0 Å². The Morgan fingerprint density at radius 2 is 1.57 bits per heavy atom. The van der Waals surface area contributed by atoms with Crippen LogP contribution in [0.15, 0.2) is 12.2 Å². The Bertz CT molecular complexity index is 261. The highest BCUT2D eigenvalue weighted by Crippen LogP contribution is 2.10. The van der Waals surface area contributed by atoms with Crippen molar-refractivity contribution in [2.24, 2.45) is 0 Å². The third-order valence-corrected chi connectivity index (χ3v) is 3.72. The van der Waals surface area contributed by atoms with Gasteiger partial charge < -0.3 is 10.2 Å². The molecule has 0 amide bonds. The molecule has 2 N–H and O–H groups in total. The number of unbranched alkanes of at least 4 members (excludes halogenated alkanes) is 9. The second-order valence-electron chi connectivity index (χ2n) is 5.90. The lowest BCUT2D eigenvalue weighted by molar-refractivity contribution is -0.137. The molecule has 0 heterocycles. The van der Waals surface area contributed by atoms with Crippen molar-refractivity contribution in [3.63, 3.8) is 0 Å². The van der Waals surface area contributed by atoms with E-state index in [4.69, 9.17) is 5.11 Å². The van der Waals surface area contributed by atoms with E-state index in [0.717, 1.165) is 38.5 Å². The summed E-state index contributed by atoms with van der Waals surface area (Å²) in [4.78, 5) is 10.3. The van der Waals surface area contributed by atoms with Gasteiger partial charge in [0, 0.05) is 6.42 Å². The van der Waals surface area contributed by atoms with Crippen molar-refractivity contribution in [2.45, 2.75) is 96.5 Å². The fourth-order valence-corrected chi connectivity index (χ4v) is 2.38. The fraction of sp³-hybridized carbons (Fsp3) is 0.833. The zero-order valence-electron chi connectivity index (χ0n) is 13.7. The zero-order chi connectivity index (χ0) is 15.8. The lowest BCUT2D eigenvalue weighted by Gasteiger charge is -2.04. The van der Waals surface area contributed by atoms with Crippen LogP contribution in [0, 0.1) is 0 Å². The third-order valence-electron chi connectivity index (χ3n) is 3.72. The number of allylic oxidation sites excluding steroid dienone is 1. The molecule has 0 aromatic rings. The van der Waals surface area contributed by atoms with Crippen LogP contribution in [0.2, 0.25) is 0 Å². The summed E-state index contributed by atoms with van der Waals surface area (Å²) in [5.74, 6) is -0.682. The predicted octanol–water partition coefficient (Wildman–Crippen LogP) is 5.08. The van der Waals surface area contributed by atoms with Gasteiger partial charge in [-0.05, 0) is 25.7 Å². The number of carboxylic acids is 1. The number of carboxylic acid groups (broad SMARTS) is 1. The molecule has 0 aliphatic heterocycles. The van der Waals surface area contributed by atoms with E-state index in [0.29, 0.717) is 6.42 Å². The topological polar surface area (TPSA) is 57.5 Å². The highest BCUT2D eigenvalue weighted by molar-refractivity contribution is 5.66. The average molecular weight is 298 g/mol. The number of hydrogen-bond acceptors (Lipinski definition) is 2. The van der Waals surface area contributed by atoms with Crippen LogP contribution in [-0.4, -0.2) is 22.3 Å². The lowest BCUT2D eigenvalue weighted by atomic mass is 10.1. The van der Waals surface area contributed by atoms with E-state index in [1.807, 2.05) is 6.08 Å². The molecule has 21 heavy (non-hydrogen) atoms. The lowest BCUT2D eigenvalue weighted by Crippen LogP contribution is -2.01. The molecule has 1 unspecified atom stereocenters. The van der Waals surface area contributed by atoms with Gasteiger partial charge in [-0.15, -0.1) is 0 Å². The van der Waals surface area contributed by atoms with Crippen molar-refractivity contribution in [1.29, 1.82) is 0 Å². The van der Waals surface area contributed by atoms with Gasteiger partial charge in [-0.2, -0.15) is 0 Å². The molecular formula is C18H34O3. The highest BCUT2D eigenvalue weighted by Gasteiger charge is 1.98. The molecule has 124 valence electrons. The Labute approximate surface area is 130 Å². The number of aliphatic hydroxyl groups is 1. The number of carbonyl (C=O) groups is 1. The van der Waals surface area contributed by atoms with Crippen molar-refractivity contribution in [3.8, 4) is 0 Å². The number of hydrogen-bond donors (Lipinski definition) is 2. The van der Waals surface area contributed by atoms with E-state index in [2.05, 4.69) is 13.0 Å². The molecule has 0 aliphatic rings. The molecular weight excluding hydrogens is 264 g/mol. The normalized spacial score (nSPS) is 12.9. The van der Waals surface area contributed by atoms with Crippen LogP contribution < -0.4 is 0 Å². The summed E-state index contributed by atoms with van der Waals surface area (Å²) >= 11 is 0. The van der Waals surface area contributed by atoms with Crippen LogP contribution >= 0.6 is 0 Å². The molecule has 3 nitrogen and oxygen atoms in total. The minimum Gasteiger partial charge on any atom is -0.481 e. The summed E-state index contributed by atoms with van der Waals surface area (Å²) in [5, 5.41) is 18.2. The van der Waals surface area contributed by atoms with Gasteiger partial charge in [0.25, 0.3) is 0 Å². The van der Waals surface area contributed by atoms with Crippen molar-refractivity contribution in [1.82, 2.24) is 0 Å². The van der Waals surface area contributed by atoms with E-state index in [1.54, 1.807) is 0 Å². The minimum absolute atomic E-state index is 0.259. The Morgan fingerprint density at radius 3 is 2.19 bits per heavy atom. The molecule has 0 rings (SSSR count). The first-order chi connectivity index (χ1) is 10.2. The smallest absolute Gasteiger partial charge is 0.303 e. The van der Waals surface area contributed by atoms with Gasteiger partial charge in [-0.1, -0.05) is 70.4 Å². The van der Waals surface area contributed by atoms with Crippen molar-refractivity contribution < 1.29 is 15.0 Å². The standard InChI is InChI=1S/C18H34O3/c1-2-3-11-14-17(19)15-12-9-7-5-4-6-8-10-13-16-18(20)21/h12,15,17,19H,2-11,13-14,16H2,1H3,(H,20,21). The van der Waals surface area contributed by atoms with Crippen LogP contribution in [0.1, 0.15) is 90.4 Å². The maximum atomic E-state index is 10.3. The second-order valence-corrected chi connectivity index (χ2v) is 5.90. The number of aliphatic carboxylic acids is 1. The quantitative estimate of drug-likeness (QED) is 0.327. The summed E-state index contributed by atoms with van der Waals surface area (Å²) in [6, 6.07) is 0. The number of rotatable bonds is 15. The molecule has 0 fully saturated rings. The van der Waals surface area contributed by atoms with E-state index in [-0.39, 0.29) is 6.10 Å². The predicted molar refractivity (Wildman–Crippen MR) is 88.5 cm³/mol. The summed E-state index contributed by atoms with van der Waals surface area (Å²) in [7, 11) is 0. The molecule has 0 bridgehead atoms. The van der Waals surface area contributed by atoms with E-state index >= 15 is 0 Å². The van der Waals surface area contributed by atoms with Crippen LogP contribution in [0.3, 0.4) is 0 Å². The monoisotopic (exact) mass is 298 g/mol. The van der Waals surface area contributed by atoms with E-state index < -0.39 is 5.97 Å². The van der Waals surface area contributed by atoms with Gasteiger partial charge in [0.1, 0.15) is 0 Å². The van der Waals surface area contributed by atoms with Crippen LogP contribution in [0.5, 0.6) is 0 Å². The van der Waals surface area contributed by atoms with Gasteiger partial charge in [0.05, 0.1) is 6.10 Å². The van der Waals surface area contributed by atoms with Gasteiger partial charge in [0.15, 0.2) is 0 Å². The van der Waals surface area contributed by atoms with E-state index in [1.165, 1.54) is 38.5 Å². The first-order valence-corrected chi connectivity index (χ1v) is 8.73. The summed E-state index contributed by atoms with van der Waals surface area (Å²) < 4.78 is 0. The third kappa shape index (κ3) is 17.1. The second kappa shape index (κ2) is 15.6. The average Bonchev–Trinajstić information content (AvgIpc) is 2.44. The van der Waals surface area contributed by atoms with Gasteiger partial charge in [0.2, 0.25) is 0 Å². The molecule has 0 radical (unpaired) electrons. The van der Waals surface area contributed by atoms with Crippen LogP contribution in [0.25, 0.3) is 0 Å². The molecule has 3 heteroatoms.